The Labute approximate surface area is 205 Å². The average molecular weight is 524 g/mol. The molecule has 0 bridgehead atoms. The van der Waals surface area contributed by atoms with Crippen molar-refractivity contribution in [2.45, 2.75) is 13.5 Å². The fraction of sp³-hybridized carbons (Fsp3) is 0.0769. The van der Waals surface area contributed by atoms with Crippen molar-refractivity contribution in [1.82, 2.24) is 5.43 Å². The summed E-state index contributed by atoms with van der Waals surface area (Å²) in [4.78, 5) is 12.7. The molecule has 5 nitrogen and oxygen atoms in total. The standard InChI is InChI=1S/C26H20BrClN2O3/c1-17-10-12-20(22(27)14-17)25-13-11-19(33-25)15-29-30-26(31)21-7-3-5-9-24(21)32-16-18-6-2-4-8-23(18)28/h2-15H,16H2,1H3,(H,30,31)/b29-15+. The quantitative estimate of drug-likeness (QED) is 0.209. The van der Waals surface area contributed by atoms with Crippen LogP contribution in [0.1, 0.15) is 27.2 Å². The lowest BCUT2D eigenvalue weighted by Crippen LogP contribution is -2.18. The molecule has 0 saturated carbocycles. The molecule has 1 N–H and O–H groups in total. The maximum absolute atomic E-state index is 12.7. The van der Waals surface area contributed by atoms with E-state index in [9.17, 15) is 4.79 Å². The van der Waals surface area contributed by atoms with Crippen LogP contribution in [-0.2, 0) is 6.61 Å². The smallest absolute Gasteiger partial charge is 0.275 e. The number of carbonyl (C=O) groups is 1. The molecular formula is C26H20BrClN2O3. The Bertz CT molecular complexity index is 1320. The zero-order valence-corrected chi connectivity index (χ0v) is 20.1. The summed E-state index contributed by atoms with van der Waals surface area (Å²) in [6, 6.07) is 24.1. The number of nitrogens with one attached hydrogen (secondary N) is 1. The summed E-state index contributed by atoms with van der Waals surface area (Å²) in [5.74, 6) is 1.26. The molecule has 1 heterocycles. The van der Waals surface area contributed by atoms with Crippen LogP contribution in [0, 0.1) is 6.92 Å². The van der Waals surface area contributed by atoms with Crippen molar-refractivity contribution in [3.63, 3.8) is 0 Å². The number of para-hydroxylation sites is 1. The Balaban J connectivity index is 1.41. The predicted octanol–water partition coefficient (Wildman–Crippen LogP) is 7.01. The maximum atomic E-state index is 12.7. The number of halogens is 2. The van der Waals surface area contributed by atoms with Crippen LogP contribution in [0.4, 0.5) is 0 Å². The minimum Gasteiger partial charge on any atom is -0.488 e. The molecule has 0 unspecified atom stereocenters. The molecule has 33 heavy (non-hydrogen) atoms. The van der Waals surface area contributed by atoms with Gasteiger partial charge in [-0.25, -0.2) is 5.43 Å². The van der Waals surface area contributed by atoms with Crippen molar-refractivity contribution in [3.05, 3.63) is 111 Å². The van der Waals surface area contributed by atoms with E-state index in [-0.39, 0.29) is 6.61 Å². The van der Waals surface area contributed by atoms with Gasteiger partial charge in [-0.2, -0.15) is 5.10 Å². The fourth-order valence-corrected chi connectivity index (χ4v) is 4.03. The SMILES string of the molecule is Cc1ccc(-c2ccc(/C=N/NC(=O)c3ccccc3OCc3ccccc3Cl)o2)c(Br)c1. The first kappa shape index (κ1) is 22.8. The zero-order valence-electron chi connectivity index (χ0n) is 17.7. The lowest BCUT2D eigenvalue weighted by molar-refractivity contribution is 0.0950. The molecule has 0 aliphatic rings. The zero-order chi connectivity index (χ0) is 23.2. The van der Waals surface area contributed by atoms with E-state index in [1.54, 1.807) is 36.4 Å². The minimum absolute atomic E-state index is 0.247. The van der Waals surface area contributed by atoms with E-state index in [1.165, 1.54) is 6.21 Å². The summed E-state index contributed by atoms with van der Waals surface area (Å²) in [7, 11) is 0. The highest BCUT2D eigenvalue weighted by Crippen LogP contribution is 2.30. The summed E-state index contributed by atoms with van der Waals surface area (Å²) >= 11 is 9.74. The highest BCUT2D eigenvalue weighted by Gasteiger charge is 2.13. The van der Waals surface area contributed by atoms with E-state index in [4.69, 9.17) is 20.8 Å². The summed E-state index contributed by atoms with van der Waals surface area (Å²) in [6.07, 6.45) is 1.46. The average Bonchev–Trinajstić information content (AvgIpc) is 3.27. The van der Waals surface area contributed by atoms with Crippen LogP contribution >= 0.6 is 27.5 Å². The first-order valence-electron chi connectivity index (χ1n) is 10.2. The molecule has 4 aromatic rings. The molecule has 0 spiro atoms. The van der Waals surface area contributed by atoms with Crippen LogP contribution in [0.15, 0.2) is 92.9 Å². The van der Waals surface area contributed by atoms with Gasteiger partial charge in [0, 0.05) is 20.6 Å². The highest BCUT2D eigenvalue weighted by molar-refractivity contribution is 9.10. The van der Waals surface area contributed by atoms with E-state index in [2.05, 4.69) is 26.5 Å². The largest absolute Gasteiger partial charge is 0.488 e. The topological polar surface area (TPSA) is 63.8 Å². The minimum atomic E-state index is -0.394. The van der Waals surface area contributed by atoms with Gasteiger partial charge < -0.3 is 9.15 Å². The molecule has 166 valence electrons. The van der Waals surface area contributed by atoms with Crippen molar-refractivity contribution >= 4 is 39.7 Å². The summed E-state index contributed by atoms with van der Waals surface area (Å²) in [5.41, 5.74) is 5.81. The Kier molecular flexibility index (Phi) is 7.27. The van der Waals surface area contributed by atoms with Crippen LogP contribution in [0.5, 0.6) is 5.75 Å². The van der Waals surface area contributed by atoms with Crippen molar-refractivity contribution in [2.24, 2.45) is 5.10 Å². The molecule has 0 aliphatic heterocycles. The number of benzene rings is 3. The number of rotatable bonds is 7. The van der Waals surface area contributed by atoms with Gasteiger partial charge in [-0.1, -0.05) is 63.9 Å². The fourth-order valence-electron chi connectivity index (χ4n) is 3.15. The lowest BCUT2D eigenvalue weighted by atomic mass is 10.1. The van der Waals surface area contributed by atoms with E-state index < -0.39 is 5.91 Å². The number of furan rings is 1. The number of carbonyl (C=O) groups excluding carboxylic acids is 1. The lowest BCUT2D eigenvalue weighted by Gasteiger charge is -2.11. The van der Waals surface area contributed by atoms with Gasteiger partial charge in [0.15, 0.2) is 0 Å². The molecule has 0 fully saturated rings. The molecule has 0 atom stereocenters. The monoisotopic (exact) mass is 522 g/mol. The molecule has 7 heteroatoms. The predicted molar refractivity (Wildman–Crippen MR) is 134 cm³/mol. The van der Waals surface area contributed by atoms with E-state index in [0.717, 1.165) is 21.2 Å². The maximum Gasteiger partial charge on any atom is 0.275 e. The number of aryl methyl sites for hydroxylation is 1. The van der Waals surface area contributed by atoms with Gasteiger partial charge in [-0.3, -0.25) is 4.79 Å². The van der Waals surface area contributed by atoms with Crippen molar-refractivity contribution < 1.29 is 13.9 Å². The Hall–Kier alpha value is -3.35. The van der Waals surface area contributed by atoms with Crippen molar-refractivity contribution in [2.75, 3.05) is 0 Å². The molecule has 3 aromatic carbocycles. The van der Waals surface area contributed by atoms with E-state index >= 15 is 0 Å². The van der Waals surface area contributed by atoms with Crippen LogP contribution in [0.3, 0.4) is 0 Å². The highest BCUT2D eigenvalue weighted by atomic mass is 79.9. The Morgan fingerprint density at radius 2 is 1.88 bits per heavy atom. The normalized spacial score (nSPS) is 11.0. The molecular weight excluding hydrogens is 504 g/mol. The van der Waals surface area contributed by atoms with E-state index in [0.29, 0.717) is 27.9 Å². The number of hydrazone groups is 1. The third-order valence-electron chi connectivity index (χ3n) is 4.85. The van der Waals surface area contributed by atoms with E-state index in [1.807, 2.05) is 49.4 Å². The van der Waals surface area contributed by atoms with Gasteiger partial charge >= 0.3 is 0 Å². The second-order valence-corrected chi connectivity index (χ2v) is 8.52. The third kappa shape index (κ3) is 5.72. The van der Waals surface area contributed by atoms with Gasteiger partial charge in [0.2, 0.25) is 0 Å². The number of amides is 1. The third-order valence-corrected chi connectivity index (χ3v) is 5.87. The first-order chi connectivity index (χ1) is 16.0. The van der Waals surface area contributed by atoms with Gasteiger partial charge in [-0.05, 0) is 55.0 Å². The second kappa shape index (κ2) is 10.5. The number of hydrogen-bond donors (Lipinski definition) is 1. The van der Waals surface area contributed by atoms with Crippen LogP contribution in [0.2, 0.25) is 5.02 Å². The molecule has 0 radical (unpaired) electrons. The second-order valence-electron chi connectivity index (χ2n) is 7.26. The van der Waals surface area contributed by atoms with Crippen LogP contribution in [-0.4, -0.2) is 12.1 Å². The molecule has 1 amide bonds. The van der Waals surface area contributed by atoms with Gasteiger partial charge in [-0.15, -0.1) is 0 Å². The summed E-state index contributed by atoms with van der Waals surface area (Å²) < 4.78 is 12.6. The molecule has 4 rings (SSSR count). The van der Waals surface area contributed by atoms with Crippen LogP contribution in [0.25, 0.3) is 11.3 Å². The first-order valence-corrected chi connectivity index (χ1v) is 11.3. The van der Waals surface area contributed by atoms with Crippen molar-refractivity contribution in [3.8, 4) is 17.1 Å². The molecule has 0 saturated heterocycles. The number of nitrogens with zero attached hydrogens (tertiary/aromatic N) is 1. The Morgan fingerprint density at radius 1 is 1.09 bits per heavy atom. The van der Waals surface area contributed by atoms with Gasteiger partial charge in [0.05, 0.1) is 11.8 Å². The number of ether oxygens (including phenoxy) is 1. The molecule has 1 aromatic heterocycles. The molecule has 0 aliphatic carbocycles. The van der Waals surface area contributed by atoms with Gasteiger partial charge in [0.1, 0.15) is 23.9 Å². The summed E-state index contributed by atoms with van der Waals surface area (Å²) in [6.45, 7) is 2.27. The number of hydrogen-bond acceptors (Lipinski definition) is 4. The van der Waals surface area contributed by atoms with Crippen molar-refractivity contribution in [1.29, 1.82) is 0 Å². The van der Waals surface area contributed by atoms with Gasteiger partial charge in [0.25, 0.3) is 5.91 Å². The Morgan fingerprint density at radius 3 is 2.70 bits per heavy atom. The van der Waals surface area contributed by atoms with Crippen LogP contribution < -0.4 is 10.2 Å². The summed E-state index contributed by atoms with van der Waals surface area (Å²) in [5, 5.41) is 4.64.